The molecule has 1 aliphatic carbocycles. The third kappa shape index (κ3) is 4.91. The van der Waals surface area contributed by atoms with Crippen molar-refractivity contribution in [2.75, 3.05) is 19.8 Å². The van der Waals surface area contributed by atoms with Crippen LogP contribution in [-0.2, 0) is 4.74 Å². The summed E-state index contributed by atoms with van der Waals surface area (Å²) in [6, 6.07) is 6.69. The summed E-state index contributed by atoms with van der Waals surface area (Å²) in [5, 5.41) is 8.99. The van der Waals surface area contributed by atoms with Crippen LogP contribution in [0.2, 0.25) is 0 Å². The molecule has 0 aromatic heterocycles. The van der Waals surface area contributed by atoms with E-state index in [9.17, 15) is 4.79 Å². The largest absolute Gasteiger partial charge is 0.493 e. The van der Waals surface area contributed by atoms with E-state index < -0.39 is 5.97 Å². The number of carboxylic acid groups (broad SMARTS) is 1. The lowest BCUT2D eigenvalue weighted by Gasteiger charge is -2.09. The summed E-state index contributed by atoms with van der Waals surface area (Å²) in [5.74, 6) is 0.364. The zero-order chi connectivity index (χ0) is 13.5. The first-order chi connectivity index (χ1) is 9.27. The molecule has 1 N–H and O–H groups in total. The highest BCUT2D eigenvalue weighted by Gasteiger charge is 2.20. The van der Waals surface area contributed by atoms with E-state index in [0.717, 1.165) is 18.9 Å². The molecule has 0 spiro atoms. The van der Waals surface area contributed by atoms with Gasteiger partial charge >= 0.3 is 5.97 Å². The highest BCUT2D eigenvalue weighted by Crippen LogP contribution is 2.32. The van der Waals surface area contributed by atoms with E-state index in [0.29, 0.717) is 19.0 Å². The molecule has 1 fully saturated rings. The third-order valence-corrected chi connectivity index (χ3v) is 3.18. The second-order valence-corrected chi connectivity index (χ2v) is 4.85. The summed E-state index contributed by atoms with van der Waals surface area (Å²) in [4.78, 5) is 11.0. The lowest BCUT2D eigenvalue weighted by molar-refractivity contribution is 0.0691. The smallest absolute Gasteiger partial charge is 0.339 e. The van der Waals surface area contributed by atoms with Crippen molar-refractivity contribution in [1.29, 1.82) is 0 Å². The Labute approximate surface area is 113 Å². The normalized spacial score (nSPS) is 14.3. The first kappa shape index (κ1) is 13.9. The van der Waals surface area contributed by atoms with Crippen LogP contribution >= 0.6 is 0 Å². The molecule has 4 heteroatoms. The molecule has 0 atom stereocenters. The average Bonchev–Trinajstić information content (AvgIpc) is 3.22. The van der Waals surface area contributed by atoms with Gasteiger partial charge in [0, 0.05) is 19.6 Å². The molecule has 2 rings (SSSR count). The molecule has 0 aliphatic heterocycles. The van der Waals surface area contributed by atoms with E-state index >= 15 is 0 Å². The molecule has 0 saturated heterocycles. The van der Waals surface area contributed by atoms with Crippen LogP contribution < -0.4 is 4.74 Å². The Balaban J connectivity index is 1.60. The molecule has 4 nitrogen and oxygen atoms in total. The maximum atomic E-state index is 11.0. The molecule has 0 radical (unpaired) electrons. The number of rotatable bonds is 9. The highest BCUT2D eigenvalue weighted by atomic mass is 16.5. The summed E-state index contributed by atoms with van der Waals surface area (Å²) in [6.07, 6.45) is 4.66. The number of carboxylic acids is 1. The van der Waals surface area contributed by atoms with Gasteiger partial charge in [0.05, 0.1) is 6.61 Å². The quantitative estimate of drug-likeness (QED) is 0.697. The molecule has 1 saturated carbocycles. The highest BCUT2D eigenvalue weighted by molar-refractivity contribution is 5.90. The summed E-state index contributed by atoms with van der Waals surface area (Å²) >= 11 is 0. The molecule has 0 unspecified atom stereocenters. The number of hydrogen-bond donors (Lipinski definition) is 1. The van der Waals surface area contributed by atoms with Crippen molar-refractivity contribution in [3.63, 3.8) is 0 Å². The van der Waals surface area contributed by atoms with Crippen molar-refractivity contribution in [3.05, 3.63) is 29.8 Å². The van der Waals surface area contributed by atoms with Gasteiger partial charge < -0.3 is 14.6 Å². The molecular weight excluding hydrogens is 244 g/mol. The Hall–Kier alpha value is -1.55. The van der Waals surface area contributed by atoms with Crippen LogP contribution in [0.3, 0.4) is 0 Å². The van der Waals surface area contributed by atoms with Gasteiger partial charge in [-0.05, 0) is 24.5 Å². The maximum absolute atomic E-state index is 11.0. The van der Waals surface area contributed by atoms with Crippen molar-refractivity contribution in [1.82, 2.24) is 0 Å². The van der Waals surface area contributed by atoms with Gasteiger partial charge in [-0.2, -0.15) is 0 Å². The topological polar surface area (TPSA) is 55.8 Å². The van der Waals surface area contributed by atoms with Crippen LogP contribution in [0.4, 0.5) is 0 Å². The maximum Gasteiger partial charge on any atom is 0.339 e. The van der Waals surface area contributed by atoms with Crippen molar-refractivity contribution in [2.45, 2.75) is 25.7 Å². The molecule has 0 amide bonds. The predicted molar refractivity (Wildman–Crippen MR) is 71.7 cm³/mol. The molecule has 1 aliphatic rings. The van der Waals surface area contributed by atoms with Gasteiger partial charge in [0.1, 0.15) is 11.3 Å². The summed E-state index contributed by atoms with van der Waals surface area (Å²) in [7, 11) is 0. The Bertz CT molecular complexity index is 412. The molecule has 104 valence electrons. The van der Waals surface area contributed by atoms with Gasteiger partial charge in [-0.25, -0.2) is 4.79 Å². The van der Waals surface area contributed by atoms with Crippen molar-refractivity contribution in [3.8, 4) is 5.75 Å². The van der Waals surface area contributed by atoms with Gasteiger partial charge in [-0.15, -0.1) is 0 Å². The zero-order valence-corrected chi connectivity index (χ0v) is 11.0. The van der Waals surface area contributed by atoms with E-state index in [2.05, 4.69) is 0 Å². The van der Waals surface area contributed by atoms with Crippen LogP contribution in [0, 0.1) is 5.92 Å². The SMILES string of the molecule is O=C(O)c1ccccc1OCCCOCCC1CC1. The Kier molecular flexibility index (Phi) is 5.21. The second-order valence-electron chi connectivity index (χ2n) is 4.85. The number of carbonyl (C=O) groups is 1. The van der Waals surface area contributed by atoms with Gasteiger partial charge in [-0.1, -0.05) is 25.0 Å². The minimum absolute atomic E-state index is 0.206. The van der Waals surface area contributed by atoms with Crippen LogP contribution in [0.25, 0.3) is 0 Å². The van der Waals surface area contributed by atoms with Crippen LogP contribution in [0.5, 0.6) is 5.75 Å². The fourth-order valence-electron chi connectivity index (χ4n) is 1.87. The van der Waals surface area contributed by atoms with Crippen LogP contribution in [0.15, 0.2) is 24.3 Å². The van der Waals surface area contributed by atoms with E-state index in [4.69, 9.17) is 14.6 Å². The number of benzene rings is 1. The summed E-state index contributed by atoms with van der Waals surface area (Å²) < 4.78 is 11.0. The molecule has 19 heavy (non-hydrogen) atoms. The van der Waals surface area contributed by atoms with Crippen LogP contribution in [0.1, 0.15) is 36.0 Å². The fourth-order valence-corrected chi connectivity index (χ4v) is 1.87. The minimum atomic E-state index is -0.962. The predicted octanol–water partition coefficient (Wildman–Crippen LogP) is 2.97. The van der Waals surface area contributed by atoms with Crippen molar-refractivity contribution < 1.29 is 19.4 Å². The molecular formula is C15H20O4. The van der Waals surface area contributed by atoms with E-state index in [1.54, 1.807) is 24.3 Å². The van der Waals surface area contributed by atoms with Gasteiger partial charge in [0.15, 0.2) is 0 Å². The first-order valence-electron chi connectivity index (χ1n) is 6.80. The van der Waals surface area contributed by atoms with E-state index in [-0.39, 0.29) is 5.56 Å². The van der Waals surface area contributed by atoms with E-state index in [1.165, 1.54) is 19.3 Å². The Morgan fingerprint density at radius 1 is 1.21 bits per heavy atom. The molecule has 1 aromatic rings. The third-order valence-electron chi connectivity index (χ3n) is 3.18. The second kappa shape index (κ2) is 7.14. The first-order valence-corrected chi connectivity index (χ1v) is 6.80. The van der Waals surface area contributed by atoms with Gasteiger partial charge in [0.25, 0.3) is 0 Å². The fraction of sp³-hybridized carbons (Fsp3) is 0.533. The number of ether oxygens (including phenoxy) is 2. The Morgan fingerprint density at radius 2 is 2.00 bits per heavy atom. The summed E-state index contributed by atoms with van der Waals surface area (Å²) in [5.41, 5.74) is 0.206. The summed E-state index contributed by atoms with van der Waals surface area (Å²) in [6.45, 7) is 1.98. The van der Waals surface area contributed by atoms with Gasteiger partial charge in [-0.3, -0.25) is 0 Å². The molecule has 0 heterocycles. The monoisotopic (exact) mass is 264 g/mol. The van der Waals surface area contributed by atoms with E-state index in [1.807, 2.05) is 0 Å². The number of aromatic carboxylic acids is 1. The van der Waals surface area contributed by atoms with Crippen molar-refractivity contribution in [2.24, 2.45) is 5.92 Å². The molecule has 1 aromatic carbocycles. The minimum Gasteiger partial charge on any atom is -0.493 e. The van der Waals surface area contributed by atoms with Crippen molar-refractivity contribution >= 4 is 5.97 Å². The lowest BCUT2D eigenvalue weighted by atomic mass is 10.2. The Morgan fingerprint density at radius 3 is 2.74 bits per heavy atom. The molecule has 0 bridgehead atoms. The number of hydrogen-bond acceptors (Lipinski definition) is 3. The van der Waals surface area contributed by atoms with Gasteiger partial charge in [0.2, 0.25) is 0 Å². The number of para-hydroxylation sites is 1. The average molecular weight is 264 g/mol. The lowest BCUT2D eigenvalue weighted by Crippen LogP contribution is -2.07. The van der Waals surface area contributed by atoms with Crippen LogP contribution in [-0.4, -0.2) is 30.9 Å². The standard InChI is InChI=1S/C15H20O4/c16-15(17)13-4-1-2-5-14(13)19-10-3-9-18-11-8-12-6-7-12/h1-2,4-5,12H,3,6-11H2,(H,16,17). The zero-order valence-electron chi connectivity index (χ0n) is 11.0.